The van der Waals surface area contributed by atoms with Gasteiger partial charge in [-0.2, -0.15) is 0 Å². The van der Waals surface area contributed by atoms with Gasteiger partial charge in [-0.15, -0.1) is 11.3 Å². The Balaban J connectivity index is 0.000000117. The molecule has 3 aromatic heterocycles. The third-order valence-electron chi connectivity index (χ3n) is 2.61. The van der Waals surface area contributed by atoms with Gasteiger partial charge in [0, 0.05) is 12.4 Å². The Kier molecular flexibility index (Phi) is 3.42. The van der Waals surface area contributed by atoms with E-state index < -0.39 is 0 Å². The smallest absolute Gasteiger partial charge is 0.0886 e. The number of para-hydroxylation sites is 1. The molecule has 0 aliphatic heterocycles. The maximum absolute atomic E-state index is 4.14. The molecule has 0 spiro atoms. The first-order chi connectivity index (χ1) is 9.43. The molecule has 4 heteroatoms. The summed E-state index contributed by atoms with van der Waals surface area (Å²) < 4.78 is 1.26. The monoisotopic (exact) mass is 265 g/mol. The highest BCUT2D eigenvalue weighted by molar-refractivity contribution is 7.16. The molecule has 19 heavy (non-hydrogen) atoms. The quantitative estimate of drug-likeness (QED) is 0.483. The van der Waals surface area contributed by atoms with Gasteiger partial charge in [0.1, 0.15) is 0 Å². The van der Waals surface area contributed by atoms with Crippen molar-refractivity contribution in [3.63, 3.8) is 0 Å². The van der Waals surface area contributed by atoms with Crippen LogP contribution in [0.5, 0.6) is 0 Å². The fraction of sp³-hybridized carbons (Fsp3) is 0. The number of nitrogens with zero attached hydrogens (tertiary/aromatic N) is 3. The van der Waals surface area contributed by atoms with E-state index in [4.69, 9.17) is 0 Å². The zero-order valence-corrected chi connectivity index (χ0v) is 10.9. The van der Waals surface area contributed by atoms with Gasteiger partial charge in [0.15, 0.2) is 0 Å². The van der Waals surface area contributed by atoms with E-state index >= 15 is 0 Å². The number of fused-ring (bicyclic) bond motifs is 2. The van der Waals surface area contributed by atoms with Crippen LogP contribution in [-0.2, 0) is 0 Å². The molecule has 0 bridgehead atoms. The first-order valence-corrected chi connectivity index (χ1v) is 6.75. The molecule has 0 amide bonds. The van der Waals surface area contributed by atoms with Crippen molar-refractivity contribution in [2.45, 2.75) is 0 Å². The Hall–Kier alpha value is -2.33. The summed E-state index contributed by atoms with van der Waals surface area (Å²) in [5.74, 6) is 0. The summed E-state index contributed by atoms with van der Waals surface area (Å²) >= 11 is 1.68. The Morgan fingerprint density at radius 2 is 1.26 bits per heavy atom. The summed E-state index contributed by atoms with van der Waals surface area (Å²) in [5, 5.41) is 0. The van der Waals surface area contributed by atoms with Gasteiger partial charge in [0.05, 0.1) is 26.8 Å². The summed E-state index contributed by atoms with van der Waals surface area (Å²) in [5.41, 5.74) is 4.86. The maximum Gasteiger partial charge on any atom is 0.0886 e. The lowest BCUT2D eigenvalue weighted by Gasteiger charge is -1.90. The lowest BCUT2D eigenvalue weighted by Crippen LogP contribution is -1.78. The summed E-state index contributed by atoms with van der Waals surface area (Å²) in [6.07, 6.45) is 3.54. The van der Waals surface area contributed by atoms with Gasteiger partial charge < -0.3 is 0 Å². The van der Waals surface area contributed by atoms with Crippen molar-refractivity contribution in [2.75, 3.05) is 0 Å². The van der Waals surface area contributed by atoms with Crippen molar-refractivity contribution >= 4 is 32.6 Å². The average Bonchev–Trinajstić information content (AvgIpc) is 2.96. The normalized spacial score (nSPS) is 10.1. The summed E-state index contributed by atoms with van der Waals surface area (Å²) in [6.45, 7) is 0. The second kappa shape index (κ2) is 5.54. The molecule has 0 fully saturated rings. The van der Waals surface area contributed by atoms with Crippen LogP contribution < -0.4 is 0 Å². The fourth-order valence-corrected chi connectivity index (χ4v) is 2.39. The molecule has 0 aliphatic carbocycles. The van der Waals surface area contributed by atoms with Gasteiger partial charge in [0.25, 0.3) is 0 Å². The lowest BCUT2D eigenvalue weighted by atomic mass is 10.3. The van der Waals surface area contributed by atoms with Crippen LogP contribution in [0.15, 0.2) is 66.4 Å². The van der Waals surface area contributed by atoms with Crippen molar-refractivity contribution < 1.29 is 0 Å². The molecular formula is C15H11N3S. The Bertz CT molecular complexity index is 699. The molecule has 4 aromatic rings. The third kappa shape index (κ3) is 2.74. The van der Waals surface area contributed by atoms with Crippen LogP contribution in [0.2, 0.25) is 0 Å². The first-order valence-electron chi connectivity index (χ1n) is 5.87. The van der Waals surface area contributed by atoms with Crippen LogP contribution in [-0.4, -0.2) is 15.0 Å². The molecule has 92 valence electrons. The highest BCUT2D eigenvalue weighted by Crippen LogP contribution is 2.15. The van der Waals surface area contributed by atoms with Crippen LogP contribution in [0.3, 0.4) is 0 Å². The van der Waals surface area contributed by atoms with Crippen LogP contribution >= 0.6 is 11.3 Å². The van der Waals surface area contributed by atoms with Crippen molar-refractivity contribution in [3.8, 4) is 0 Å². The maximum atomic E-state index is 4.14. The van der Waals surface area contributed by atoms with Crippen LogP contribution in [0.1, 0.15) is 0 Å². The molecule has 0 N–H and O–H groups in total. The number of hydrogen-bond acceptors (Lipinski definition) is 4. The minimum atomic E-state index is 0.949. The van der Waals surface area contributed by atoms with Crippen LogP contribution in [0.4, 0.5) is 0 Å². The number of pyridine rings is 2. The Morgan fingerprint density at radius 3 is 1.95 bits per heavy atom. The second-order valence-corrected chi connectivity index (χ2v) is 4.75. The lowest BCUT2D eigenvalue weighted by molar-refractivity contribution is 1.34. The summed E-state index contributed by atoms with van der Waals surface area (Å²) in [4.78, 5) is 12.4. The minimum absolute atomic E-state index is 0.949. The molecule has 3 heterocycles. The summed E-state index contributed by atoms with van der Waals surface area (Å²) in [7, 11) is 0. The van der Waals surface area contributed by atoms with E-state index in [1.165, 1.54) is 4.70 Å². The molecule has 0 saturated heterocycles. The van der Waals surface area contributed by atoms with Gasteiger partial charge in [-0.3, -0.25) is 9.97 Å². The van der Waals surface area contributed by atoms with E-state index in [1.807, 2.05) is 48.0 Å². The number of aromatic nitrogens is 3. The molecular weight excluding hydrogens is 254 g/mol. The van der Waals surface area contributed by atoms with E-state index in [0.717, 1.165) is 16.6 Å². The van der Waals surface area contributed by atoms with Crippen LogP contribution in [0, 0.1) is 0 Å². The van der Waals surface area contributed by atoms with E-state index in [2.05, 4.69) is 21.0 Å². The topological polar surface area (TPSA) is 38.7 Å². The first kappa shape index (κ1) is 11.7. The molecule has 0 atom stereocenters. The van der Waals surface area contributed by atoms with Gasteiger partial charge >= 0.3 is 0 Å². The Morgan fingerprint density at radius 1 is 0.632 bits per heavy atom. The molecule has 3 nitrogen and oxygen atoms in total. The number of hydrogen-bond donors (Lipinski definition) is 0. The average molecular weight is 265 g/mol. The predicted molar refractivity (Wildman–Crippen MR) is 79.2 cm³/mol. The highest BCUT2D eigenvalue weighted by atomic mass is 32.1. The van der Waals surface area contributed by atoms with E-state index in [1.54, 1.807) is 23.7 Å². The zero-order chi connectivity index (χ0) is 12.9. The van der Waals surface area contributed by atoms with Gasteiger partial charge in [-0.1, -0.05) is 12.1 Å². The highest BCUT2D eigenvalue weighted by Gasteiger charge is 1.89. The molecule has 0 radical (unpaired) electrons. The van der Waals surface area contributed by atoms with Gasteiger partial charge in [-0.05, 0) is 36.4 Å². The fourth-order valence-electron chi connectivity index (χ4n) is 1.71. The van der Waals surface area contributed by atoms with Crippen molar-refractivity contribution in [1.82, 2.24) is 15.0 Å². The molecule has 0 unspecified atom stereocenters. The van der Waals surface area contributed by atoms with E-state index in [-0.39, 0.29) is 0 Å². The van der Waals surface area contributed by atoms with E-state index in [0.29, 0.717) is 0 Å². The third-order valence-corrected chi connectivity index (χ3v) is 3.42. The standard InChI is InChI=1S/C8H6N2.C7H5NS/c1-3-7-8(9-5-1)4-2-6-10-7;1-2-4-7-6(3-1)8-5-9-7/h1-6H;1-5H. The molecule has 4 rings (SSSR count). The number of rotatable bonds is 0. The molecule has 1 aromatic carbocycles. The van der Waals surface area contributed by atoms with Crippen molar-refractivity contribution in [1.29, 1.82) is 0 Å². The van der Waals surface area contributed by atoms with Gasteiger partial charge in [-0.25, -0.2) is 4.98 Å². The van der Waals surface area contributed by atoms with E-state index in [9.17, 15) is 0 Å². The zero-order valence-electron chi connectivity index (χ0n) is 10.1. The Labute approximate surface area is 114 Å². The number of thiazole rings is 1. The van der Waals surface area contributed by atoms with Crippen molar-refractivity contribution in [2.24, 2.45) is 0 Å². The van der Waals surface area contributed by atoms with Gasteiger partial charge in [0.2, 0.25) is 0 Å². The largest absolute Gasteiger partial charge is 0.255 e. The van der Waals surface area contributed by atoms with Crippen LogP contribution in [0.25, 0.3) is 21.3 Å². The predicted octanol–water partition coefficient (Wildman–Crippen LogP) is 3.93. The summed E-state index contributed by atoms with van der Waals surface area (Å²) in [6, 6.07) is 15.8. The number of benzene rings is 1. The molecule has 0 saturated carbocycles. The van der Waals surface area contributed by atoms with Crippen molar-refractivity contribution in [3.05, 3.63) is 66.4 Å². The minimum Gasteiger partial charge on any atom is -0.255 e. The second-order valence-electron chi connectivity index (χ2n) is 3.87. The SMILES string of the molecule is c1ccc2scnc2c1.c1cnc2cccnc2c1. The molecule has 0 aliphatic rings.